The summed E-state index contributed by atoms with van der Waals surface area (Å²) in [5.41, 5.74) is 0.914. The maximum absolute atomic E-state index is 12.0. The zero-order valence-electron chi connectivity index (χ0n) is 11.1. The van der Waals surface area contributed by atoms with Crippen molar-refractivity contribution in [3.05, 3.63) is 24.3 Å². The molecule has 1 saturated carbocycles. The van der Waals surface area contributed by atoms with Gasteiger partial charge in [-0.3, -0.25) is 0 Å². The predicted molar refractivity (Wildman–Crippen MR) is 84.4 cm³/mol. The van der Waals surface area contributed by atoms with Crippen LogP contribution in [-0.4, -0.2) is 32.5 Å². The molecule has 0 heterocycles. The summed E-state index contributed by atoms with van der Waals surface area (Å²) in [7, 11) is -3.35. The molecule has 1 fully saturated rings. The number of terminal acetylenes is 1. The van der Waals surface area contributed by atoms with Crippen molar-refractivity contribution in [3.8, 4) is 12.3 Å². The molecule has 0 spiro atoms. The molecule has 0 aliphatic heterocycles. The maximum Gasteiger partial charge on any atom is 0.240 e. The molecule has 2 N–H and O–H groups in total. The molecule has 0 unspecified atom stereocenters. The Hall–Kier alpha value is -1.16. The zero-order valence-corrected chi connectivity index (χ0v) is 12.8. The Balaban J connectivity index is 1.84. The second-order valence-corrected chi connectivity index (χ2v) is 7.42. The summed E-state index contributed by atoms with van der Waals surface area (Å²) in [4.78, 5) is 0.316. The molecular formula is C14H18N2O2S2. The van der Waals surface area contributed by atoms with Gasteiger partial charge in [0, 0.05) is 24.0 Å². The van der Waals surface area contributed by atoms with Crippen molar-refractivity contribution in [3.63, 3.8) is 0 Å². The van der Waals surface area contributed by atoms with Crippen LogP contribution in [0.3, 0.4) is 0 Å². The highest BCUT2D eigenvalue weighted by molar-refractivity contribution is 7.99. The molecule has 0 radical (unpaired) electrons. The van der Waals surface area contributed by atoms with E-state index in [9.17, 15) is 8.42 Å². The predicted octanol–water partition coefficient (Wildman–Crippen LogP) is 1.91. The standard InChI is InChI=1S/C14H18N2O2S2/c1-2-10-19-11-9-15-12-5-7-14(8-6-12)20(17,18)16-13-3-4-13/h1,5-8,13,15-16H,3-4,9-11H2. The Morgan fingerprint density at radius 2 is 2.00 bits per heavy atom. The van der Waals surface area contributed by atoms with Gasteiger partial charge in [-0.25, -0.2) is 13.1 Å². The van der Waals surface area contributed by atoms with E-state index < -0.39 is 10.0 Å². The summed E-state index contributed by atoms with van der Waals surface area (Å²) in [6.45, 7) is 0.804. The molecule has 1 aliphatic rings. The van der Waals surface area contributed by atoms with Gasteiger partial charge in [0.25, 0.3) is 0 Å². The van der Waals surface area contributed by atoms with Crippen LogP contribution in [0.15, 0.2) is 29.2 Å². The van der Waals surface area contributed by atoms with Gasteiger partial charge in [0.1, 0.15) is 0 Å². The topological polar surface area (TPSA) is 58.2 Å². The first kappa shape index (κ1) is 15.2. The molecule has 0 aromatic heterocycles. The van der Waals surface area contributed by atoms with E-state index in [0.717, 1.165) is 30.8 Å². The third-order valence-corrected chi connectivity index (χ3v) is 5.22. The average Bonchev–Trinajstić information content (AvgIpc) is 3.22. The van der Waals surface area contributed by atoms with E-state index in [1.54, 1.807) is 36.0 Å². The van der Waals surface area contributed by atoms with Crippen LogP contribution in [0.25, 0.3) is 0 Å². The highest BCUT2D eigenvalue weighted by atomic mass is 32.2. The van der Waals surface area contributed by atoms with Crippen molar-refractivity contribution in [1.29, 1.82) is 0 Å². The fourth-order valence-corrected chi connectivity index (χ4v) is 3.45. The molecule has 20 heavy (non-hydrogen) atoms. The van der Waals surface area contributed by atoms with Crippen molar-refractivity contribution in [2.75, 3.05) is 23.4 Å². The molecule has 4 nitrogen and oxygen atoms in total. The second-order valence-electron chi connectivity index (χ2n) is 4.60. The van der Waals surface area contributed by atoms with E-state index >= 15 is 0 Å². The first-order valence-corrected chi connectivity index (χ1v) is 9.13. The van der Waals surface area contributed by atoms with E-state index in [2.05, 4.69) is 16.0 Å². The second kappa shape index (κ2) is 7.02. The molecule has 0 amide bonds. The minimum Gasteiger partial charge on any atom is -0.384 e. The lowest BCUT2D eigenvalue weighted by Gasteiger charge is -2.08. The number of hydrogen-bond acceptors (Lipinski definition) is 4. The van der Waals surface area contributed by atoms with Crippen LogP contribution in [-0.2, 0) is 10.0 Å². The highest BCUT2D eigenvalue weighted by Crippen LogP contribution is 2.22. The monoisotopic (exact) mass is 310 g/mol. The summed E-state index contributed by atoms with van der Waals surface area (Å²) in [5, 5.41) is 3.23. The number of nitrogens with one attached hydrogen (secondary N) is 2. The molecule has 2 rings (SSSR count). The fourth-order valence-electron chi connectivity index (χ4n) is 1.64. The first-order valence-electron chi connectivity index (χ1n) is 6.49. The lowest BCUT2D eigenvalue weighted by Crippen LogP contribution is -2.25. The number of anilines is 1. The Kier molecular flexibility index (Phi) is 5.35. The van der Waals surface area contributed by atoms with Crippen LogP contribution in [0, 0.1) is 12.3 Å². The Morgan fingerprint density at radius 1 is 1.30 bits per heavy atom. The molecule has 1 aromatic carbocycles. The number of benzene rings is 1. The Morgan fingerprint density at radius 3 is 2.60 bits per heavy atom. The first-order chi connectivity index (χ1) is 9.62. The van der Waals surface area contributed by atoms with Crippen LogP contribution in [0.2, 0.25) is 0 Å². The third-order valence-electron chi connectivity index (χ3n) is 2.82. The van der Waals surface area contributed by atoms with Gasteiger partial charge in [-0.1, -0.05) is 5.92 Å². The van der Waals surface area contributed by atoms with E-state index in [1.807, 2.05) is 0 Å². The summed E-state index contributed by atoms with van der Waals surface area (Å²) >= 11 is 1.69. The lowest BCUT2D eigenvalue weighted by atomic mass is 10.3. The van der Waals surface area contributed by atoms with Crippen molar-refractivity contribution >= 4 is 27.5 Å². The molecule has 1 aromatic rings. The van der Waals surface area contributed by atoms with Crippen LogP contribution in [0.5, 0.6) is 0 Å². The summed E-state index contributed by atoms with van der Waals surface area (Å²) in [5.74, 6) is 4.21. The SMILES string of the molecule is C#CCSCCNc1ccc(S(=O)(=O)NC2CC2)cc1. The minimum atomic E-state index is -3.35. The van der Waals surface area contributed by atoms with E-state index in [-0.39, 0.29) is 6.04 Å². The summed E-state index contributed by atoms with van der Waals surface area (Å²) < 4.78 is 26.6. The number of sulfonamides is 1. The van der Waals surface area contributed by atoms with E-state index in [0.29, 0.717) is 10.6 Å². The van der Waals surface area contributed by atoms with Crippen LogP contribution in [0.1, 0.15) is 12.8 Å². The molecule has 0 atom stereocenters. The van der Waals surface area contributed by atoms with Gasteiger partial charge >= 0.3 is 0 Å². The smallest absolute Gasteiger partial charge is 0.240 e. The third kappa shape index (κ3) is 4.75. The average molecular weight is 310 g/mol. The quantitative estimate of drug-likeness (QED) is 0.569. The van der Waals surface area contributed by atoms with E-state index in [4.69, 9.17) is 6.42 Å². The summed E-state index contributed by atoms with van der Waals surface area (Å²) in [6, 6.07) is 6.95. The molecule has 1 aliphatic carbocycles. The van der Waals surface area contributed by atoms with Gasteiger partial charge in [0.05, 0.1) is 10.6 Å². The largest absolute Gasteiger partial charge is 0.384 e. The Bertz CT molecular complexity index is 572. The van der Waals surface area contributed by atoms with Crippen molar-refractivity contribution in [1.82, 2.24) is 4.72 Å². The van der Waals surface area contributed by atoms with E-state index in [1.165, 1.54) is 0 Å². The number of hydrogen-bond donors (Lipinski definition) is 2. The molecule has 6 heteroatoms. The van der Waals surface area contributed by atoms with Gasteiger partial charge in [-0.2, -0.15) is 0 Å². The highest BCUT2D eigenvalue weighted by Gasteiger charge is 2.27. The molecule has 0 bridgehead atoms. The van der Waals surface area contributed by atoms with Crippen LogP contribution < -0.4 is 10.0 Å². The van der Waals surface area contributed by atoms with Gasteiger partial charge in [-0.15, -0.1) is 18.2 Å². The van der Waals surface area contributed by atoms with Gasteiger partial charge < -0.3 is 5.32 Å². The van der Waals surface area contributed by atoms with Crippen molar-refractivity contribution in [2.24, 2.45) is 0 Å². The minimum absolute atomic E-state index is 0.131. The van der Waals surface area contributed by atoms with Crippen molar-refractivity contribution in [2.45, 2.75) is 23.8 Å². The lowest BCUT2D eigenvalue weighted by molar-refractivity contribution is 0.581. The van der Waals surface area contributed by atoms with Gasteiger partial charge in [0.15, 0.2) is 0 Å². The zero-order chi connectivity index (χ0) is 14.4. The normalized spacial score (nSPS) is 14.8. The van der Waals surface area contributed by atoms with Crippen LogP contribution in [0.4, 0.5) is 5.69 Å². The van der Waals surface area contributed by atoms with Gasteiger partial charge in [-0.05, 0) is 37.1 Å². The van der Waals surface area contributed by atoms with Gasteiger partial charge in [0.2, 0.25) is 10.0 Å². The molecule has 108 valence electrons. The molecular weight excluding hydrogens is 292 g/mol. The van der Waals surface area contributed by atoms with Crippen molar-refractivity contribution < 1.29 is 8.42 Å². The number of rotatable bonds is 8. The summed E-state index contributed by atoms with van der Waals surface area (Å²) in [6.07, 6.45) is 7.04. The fraction of sp³-hybridized carbons (Fsp3) is 0.429. The van der Waals surface area contributed by atoms with Crippen LogP contribution >= 0.6 is 11.8 Å². The maximum atomic E-state index is 12.0. The number of thioether (sulfide) groups is 1. The molecule has 0 saturated heterocycles. The Labute approximate surface area is 124 Å².